The Morgan fingerprint density at radius 3 is 2.86 bits per heavy atom. The van der Waals surface area contributed by atoms with Crippen molar-refractivity contribution in [2.45, 2.75) is 29.8 Å². The highest BCUT2D eigenvalue weighted by Crippen LogP contribution is 2.37. The smallest absolute Gasteiger partial charge is 0.270 e. The van der Waals surface area contributed by atoms with E-state index in [4.69, 9.17) is 5.26 Å². The van der Waals surface area contributed by atoms with Crippen molar-refractivity contribution in [2.75, 3.05) is 12.4 Å². The second-order valence-electron chi connectivity index (χ2n) is 8.17. The molecule has 0 bridgehead atoms. The molecule has 0 unspecified atom stereocenters. The number of nitrogens with one attached hydrogen (secondary N) is 4. The molecule has 4 N–H and O–H groups in total. The summed E-state index contributed by atoms with van der Waals surface area (Å²) in [6.07, 6.45) is 4.70. The number of sulfonamides is 1. The number of H-pyrrole nitrogens is 1. The second-order valence-corrected chi connectivity index (χ2v) is 10.7. The first-order chi connectivity index (χ1) is 16.9. The lowest BCUT2D eigenvalue weighted by Crippen LogP contribution is -2.49. The highest BCUT2D eigenvalue weighted by atomic mass is 32.2. The van der Waals surface area contributed by atoms with Gasteiger partial charge in [-0.15, -0.1) is 11.3 Å². The number of thiazole rings is 1. The SMILES string of the molecule is CNC(=O)c1csc(-c2cnc3[nH]ccc3c2N[C@H]2C[C@H](NS(=O)(=O)c3cccc(C#N)c3)C2)n1. The molecule has 1 fully saturated rings. The van der Waals surface area contributed by atoms with Crippen molar-refractivity contribution < 1.29 is 13.2 Å². The van der Waals surface area contributed by atoms with Gasteiger partial charge in [0.05, 0.1) is 27.8 Å². The number of fused-ring (bicyclic) bond motifs is 1. The summed E-state index contributed by atoms with van der Waals surface area (Å²) >= 11 is 1.36. The Morgan fingerprint density at radius 1 is 1.26 bits per heavy atom. The third-order valence-electron chi connectivity index (χ3n) is 5.86. The maximum Gasteiger partial charge on any atom is 0.270 e. The van der Waals surface area contributed by atoms with E-state index in [1.807, 2.05) is 12.1 Å². The lowest BCUT2D eigenvalue weighted by molar-refractivity contribution is 0.0959. The van der Waals surface area contributed by atoms with Crippen LogP contribution < -0.4 is 15.4 Å². The molecular weight excluding hydrogens is 486 g/mol. The van der Waals surface area contributed by atoms with Gasteiger partial charge in [-0.3, -0.25) is 4.79 Å². The molecule has 0 saturated heterocycles. The molecule has 3 heterocycles. The molecule has 0 radical (unpaired) electrons. The summed E-state index contributed by atoms with van der Waals surface area (Å²) in [4.78, 5) is 24.1. The van der Waals surface area contributed by atoms with E-state index in [0.29, 0.717) is 34.8 Å². The standard InChI is InChI=1S/C23H21N7O3S2/c1-25-22(31)19-12-34-23(29-19)18-11-27-21-17(5-6-26-21)20(18)28-14-8-15(9-14)30-35(32,33)16-4-2-3-13(7-16)10-24/h2-7,11-12,14-15,30H,8-9H2,1H3,(H,25,31)(H2,26,27,28)/t14-,15-. The third kappa shape index (κ3) is 4.49. The zero-order valence-electron chi connectivity index (χ0n) is 18.6. The number of benzene rings is 1. The molecule has 0 aliphatic heterocycles. The number of anilines is 1. The van der Waals surface area contributed by atoms with E-state index in [-0.39, 0.29) is 22.9 Å². The number of nitriles is 1. The average molecular weight is 508 g/mol. The summed E-state index contributed by atoms with van der Waals surface area (Å²) in [5.74, 6) is -0.257. The molecule has 1 aromatic carbocycles. The zero-order chi connectivity index (χ0) is 24.6. The lowest BCUT2D eigenvalue weighted by atomic mass is 9.87. The van der Waals surface area contributed by atoms with Crippen LogP contribution in [-0.2, 0) is 10.0 Å². The van der Waals surface area contributed by atoms with Gasteiger partial charge in [-0.25, -0.2) is 23.1 Å². The topological polar surface area (TPSA) is 153 Å². The predicted octanol–water partition coefficient (Wildman–Crippen LogP) is 2.84. The monoisotopic (exact) mass is 507 g/mol. The van der Waals surface area contributed by atoms with Crippen LogP contribution in [0.3, 0.4) is 0 Å². The van der Waals surface area contributed by atoms with Crippen molar-refractivity contribution in [3.63, 3.8) is 0 Å². The van der Waals surface area contributed by atoms with Crippen molar-refractivity contribution >= 4 is 44.0 Å². The van der Waals surface area contributed by atoms with Crippen molar-refractivity contribution in [1.29, 1.82) is 5.26 Å². The fourth-order valence-electron chi connectivity index (χ4n) is 4.01. The lowest BCUT2D eigenvalue weighted by Gasteiger charge is -2.37. The van der Waals surface area contributed by atoms with Crippen molar-refractivity contribution in [3.05, 3.63) is 59.4 Å². The van der Waals surface area contributed by atoms with Crippen molar-refractivity contribution in [2.24, 2.45) is 0 Å². The number of nitrogens with zero attached hydrogens (tertiary/aromatic N) is 3. The maximum atomic E-state index is 12.7. The number of hydrogen-bond acceptors (Lipinski definition) is 8. The van der Waals surface area contributed by atoms with Crippen LogP contribution in [-0.4, -0.2) is 48.4 Å². The number of pyridine rings is 1. The minimum atomic E-state index is -3.72. The molecule has 1 aliphatic carbocycles. The van der Waals surface area contributed by atoms with Gasteiger partial charge in [0.15, 0.2) is 0 Å². The van der Waals surface area contributed by atoms with E-state index in [2.05, 4.69) is 30.3 Å². The molecule has 1 saturated carbocycles. The number of aromatic nitrogens is 3. The van der Waals surface area contributed by atoms with Gasteiger partial charge in [-0.2, -0.15) is 5.26 Å². The molecule has 0 spiro atoms. The first-order valence-corrected chi connectivity index (χ1v) is 13.2. The molecule has 12 heteroatoms. The second kappa shape index (κ2) is 9.10. The minimum absolute atomic E-state index is 0.0331. The van der Waals surface area contributed by atoms with Gasteiger partial charge >= 0.3 is 0 Å². The summed E-state index contributed by atoms with van der Waals surface area (Å²) in [5.41, 5.74) is 2.96. The number of hydrogen-bond donors (Lipinski definition) is 4. The van der Waals surface area contributed by atoms with Gasteiger partial charge in [-0.05, 0) is 37.1 Å². The van der Waals surface area contributed by atoms with Crippen molar-refractivity contribution in [3.8, 4) is 16.6 Å². The first kappa shape index (κ1) is 23.0. The Balaban J connectivity index is 1.33. The summed E-state index contributed by atoms with van der Waals surface area (Å²) in [5, 5.41) is 18.4. The minimum Gasteiger partial charge on any atom is -0.381 e. The summed E-state index contributed by atoms with van der Waals surface area (Å²) in [6.45, 7) is 0. The van der Waals surface area contributed by atoms with Crippen LogP contribution in [0.2, 0.25) is 0 Å². The number of amides is 1. The van der Waals surface area contributed by atoms with E-state index >= 15 is 0 Å². The van der Waals surface area contributed by atoms with Crippen LogP contribution >= 0.6 is 11.3 Å². The Hall–Kier alpha value is -3.79. The van der Waals surface area contributed by atoms with E-state index in [1.54, 1.807) is 37.0 Å². The molecule has 0 atom stereocenters. The summed E-state index contributed by atoms with van der Waals surface area (Å²) < 4.78 is 28.2. The van der Waals surface area contributed by atoms with Crippen LogP contribution in [0.4, 0.5) is 5.69 Å². The van der Waals surface area contributed by atoms with Gasteiger partial charge in [0.1, 0.15) is 16.3 Å². The zero-order valence-corrected chi connectivity index (χ0v) is 20.2. The Labute approximate surface area is 205 Å². The molecule has 1 amide bonds. The largest absolute Gasteiger partial charge is 0.381 e. The normalized spacial score (nSPS) is 17.5. The molecule has 5 rings (SSSR count). The van der Waals surface area contributed by atoms with Crippen LogP contribution in [0.5, 0.6) is 0 Å². The Morgan fingerprint density at radius 2 is 2.09 bits per heavy atom. The van der Waals surface area contributed by atoms with Crippen LogP contribution in [0, 0.1) is 11.3 Å². The van der Waals surface area contributed by atoms with Crippen LogP contribution in [0.25, 0.3) is 21.6 Å². The van der Waals surface area contributed by atoms with Gasteiger partial charge in [0.2, 0.25) is 10.0 Å². The number of aromatic amines is 1. The Bertz CT molecular complexity index is 1560. The van der Waals surface area contributed by atoms with E-state index < -0.39 is 10.0 Å². The van der Waals surface area contributed by atoms with Gasteiger partial charge in [0, 0.05) is 42.3 Å². The number of carbonyl (C=O) groups is 1. The van der Waals surface area contributed by atoms with Gasteiger partial charge in [-0.1, -0.05) is 6.07 Å². The summed E-state index contributed by atoms with van der Waals surface area (Å²) in [7, 11) is -2.17. The van der Waals surface area contributed by atoms with E-state index in [1.165, 1.54) is 23.5 Å². The molecular formula is C23H21N7O3S2. The molecule has 1 aliphatic rings. The fourth-order valence-corrected chi connectivity index (χ4v) is 6.13. The highest BCUT2D eigenvalue weighted by Gasteiger charge is 2.34. The Kier molecular flexibility index (Phi) is 5.98. The summed E-state index contributed by atoms with van der Waals surface area (Å²) in [6, 6.07) is 9.65. The highest BCUT2D eigenvalue weighted by molar-refractivity contribution is 7.89. The predicted molar refractivity (Wildman–Crippen MR) is 133 cm³/mol. The number of carbonyl (C=O) groups excluding carboxylic acids is 1. The molecule has 4 aromatic rings. The molecule has 10 nitrogen and oxygen atoms in total. The van der Waals surface area contributed by atoms with Crippen LogP contribution in [0.1, 0.15) is 28.9 Å². The van der Waals surface area contributed by atoms with Crippen molar-refractivity contribution in [1.82, 2.24) is 25.0 Å². The average Bonchev–Trinajstić information content (AvgIpc) is 3.52. The fraction of sp³-hybridized carbons (Fsp3) is 0.217. The quantitative estimate of drug-likeness (QED) is 0.300. The first-order valence-electron chi connectivity index (χ1n) is 10.8. The van der Waals surface area contributed by atoms with E-state index in [9.17, 15) is 13.2 Å². The molecule has 3 aromatic heterocycles. The van der Waals surface area contributed by atoms with Gasteiger partial charge < -0.3 is 15.6 Å². The van der Waals surface area contributed by atoms with Gasteiger partial charge in [0.25, 0.3) is 5.91 Å². The maximum absolute atomic E-state index is 12.7. The van der Waals surface area contributed by atoms with Crippen LogP contribution in [0.15, 0.2) is 53.0 Å². The third-order valence-corrected chi connectivity index (χ3v) is 8.26. The molecule has 35 heavy (non-hydrogen) atoms. The number of rotatable bonds is 7. The van der Waals surface area contributed by atoms with E-state index in [0.717, 1.165) is 16.6 Å². The molecule has 178 valence electrons.